The molecular weight excluding hydrogens is 124 g/mol. The zero-order valence-corrected chi connectivity index (χ0v) is 6.29. The van der Waals surface area contributed by atoms with E-state index in [0.29, 0.717) is 0 Å². The average molecular weight is 140 g/mol. The summed E-state index contributed by atoms with van der Waals surface area (Å²) < 4.78 is 0. The van der Waals surface area contributed by atoms with Gasteiger partial charge in [0.1, 0.15) is 0 Å². The maximum Gasteiger partial charge on any atom is 0.0195 e. The molecule has 58 valence electrons. The molecule has 0 spiro atoms. The maximum absolute atomic E-state index is 5.79. The van der Waals surface area contributed by atoms with Crippen LogP contribution in [0.5, 0.6) is 0 Å². The van der Waals surface area contributed by atoms with Crippen LogP contribution in [0.25, 0.3) is 0 Å². The lowest BCUT2D eigenvalue weighted by atomic mass is 9.97. The van der Waals surface area contributed by atoms with E-state index in [2.05, 4.69) is 12.2 Å². The summed E-state index contributed by atoms with van der Waals surface area (Å²) >= 11 is 0. The molecule has 4 N–H and O–H groups in total. The summed E-state index contributed by atoms with van der Waals surface area (Å²) in [5.41, 5.74) is 11.6. The Morgan fingerprint density at radius 2 is 1.30 bits per heavy atom. The van der Waals surface area contributed by atoms with Crippen molar-refractivity contribution in [2.45, 2.75) is 37.8 Å². The van der Waals surface area contributed by atoms with Crippen molar-refractivity contribution in [3.8, 4) is 0 Å². The molecule has 2 unspecified atom stereocenters. The largest absolute Gasteiger partial charge is 0.326 e. The van der Waals surface area contributed by atoms with Crippen molar-refractivity contribution in [1.29, 1.82) is 0 Å². The van der Waals surface area contributed by atoms with Gasteiger partial charge in [-0.2, -0.15) is 0 Å². The van der Waals surface area contributed by atoms with E-state index in [4.69, 9.17) is 11.5 Å². The molecule has 1 rings (SSSR count). The van der Waals surface area contributed by atoms with Crippen LogP contribution in [0.1, 0.15) is 25.7 Å². The van der Waals surface area contributed by atoms with Crippen LogP contribution in [0.15, 0.2) is 12.2 Å². The lowest BCUT2D eigenvalue weighted by Gasteiger charge is -2.19. The summed E-state index contributed by atoms with van der Waals surface area (Å²) in [6.45, 7) is 0. The molecule has 0 radical (unpaired) electrons. The molecule has 10 heavy (non-hydrogen) atoms. The van der Waals surface area contributed by atoms with Crippen LogP contribution in [-0.4, -0.2) is 12.1 Å². The first kappa shape index (κ1) is 7.76. The fourth-order valence-electron chi connectivity index (χ4n) is 1.24. The number of hydrogen-bond donors (Lipinski definition) is 2. The Kier molecular flexibility index (Phi) is 2.90. The third kappa shape index (κ3) is 2.12. The van der Waals surface area contributed by atoms with Gasteiger partial charge in [-0.1, -0.05) is 12.2 Å². The molecule has 0 amide bonds. The van der Waals surface area contributed by atoms with E-state index < -0.39 is 0 Å². The Balaban J connectivity index is 2.40. The quantitative estimate of drug-likeness (QED) is 0.488. The normalized spacial score (nSPS) is 38.2. The van der Waals surface area contributed by atoms with Crippen LogP contribution < -0.4 is 11.5 Å². The first-order valence-corrected chi connectivity index (χ1v) is 3.97. The zero-order valence-electron chi connectivity index (χ0n) is 6.29. The molecule has 2 atom stereocenters. The van der Waals surface area contributed by atoms with E-state index in [-0.39, 0.29) is 12.1 Å². The Labute approximate surface area is 62.3 Å². The monoisotopic (exact) mass is 140 g/mol. The standard InChI is InChI=1S/C8H16N2/c9-7-5-3-1-2-4-6-8(7)10/h1-2,7-8H,3-6,9-10H2/b2-1-. The van der Waals surface area contributed by atoms with Crippen molar-refractivity contribution in [3.63, 3.8) is 0 Å². The summed E-state index contributed by atoms with van der Waals surface area (Å²) in [6.07, 6.45) is 8.66. The minimum atomic E-state index is 0.213. The third-order valence-corrected chi connectivity index (χ3v) is 2.05. The third-order valence-electron chi connectivity index (χ3n) is 2.05. The lowest BCUT2D eigenvalue weighted by molar-refractivity contribution is 0.468. The molecule has 0 aromatic heterocycles. The van der Waals surface area contributed by atoms with Crippen LogP contribution >= 0.6 is 0 Å². The predicted octanol–water partition coefficient (Wildman–Crippen LogP) is 0.771. The fourth-order valence-corrected chi connectivity index (χ4v) is 1.24. The molecule has 1 aliphatic carbocycles. The summed E-state index contributed by atoms with van der Waals surface area (Å²) in [4.78, 5) is 0. The van der Waals surface area contributed by atoms with E-state index in [1.54, 1.807) is 0 Å². The minimum absolute atomic E-state index is 0.213. The molecule has 0 aromatic carbocycles. The highest BCUT2D eigenvalue weighted by molar-refractivity contribution is 4.90. The smallest absolute Gasteiger partial charge is 0.0195 e. The Morgan fingerprint density at radius 3 is 1.70 bits per heavy atom. The van der Waals surface area contributed by atoms with Gasteiger partial charge >= 0.3 is 0 Å². The van der Waals surface area contributed by atoms with Gasteiger partial charge in [-0.3, -0.25) is 0 Å². The van der Waals surface area contributed by atoms with Crippen molar-refractivity contribution in [2.75, 3.05) is 0 Å². The molecule has 2 nitrogen and oxygen atoms in total. The molecule has 2 heteroatoms. The lowest BCUT2D eigenvalue weighted by Crippen LogP contribution is -2.41. The van der Waals surface area contributed by atoms with Crippen LogP contribution in [-0.2, 0) is 0 Å². The van der Waals surface area contributed by atoms with Crippen molar-refractivity contribution in [1.82, 2.24) is 0 Å². The first-order chi connectivity index (χ1) is 4.80. The number of rotatable bonds is 0. The van der Waals surface area contributed by atoms with Crippen molar-refractivity contribution in [2.24, 2.45) is 11.5 Å². The van der Waals surface area contributed by atoms with Crippen LogP contribution in [0.2, 0.25) is 0 Å². The minimum Gasteiger partial charge on any atom is -0.326 e. The van der Waals surface area contributed by atoms with Gasteiger partial charge in [0.15, 0.2) is 0 Å². The number of allylic oxidation sites excluding steroid dienone is 2. The summed E-state index contributed by atoms with van der Waals surface area (Å²) in [5.74, 6) is 0. The summed E-state index contributed by atoms with van der Waals surface area (Å²) in [6, 6.07) is 0.426. The molecule has 1 aliphatic rings. The number of nitrogens with two attached hydrogens (primary N) is 2. The van der Waals surface area contributed by atoms with E-state index in [1.807, 2.05) is 0 Å². The van der Waals surface area contributed by atoms with Crippen LogP contribution in [0, 0.1) is 0 Å². The SMILES string of the molecule is NC1CC/C=C\CCC1N. The van der Waals surface area contributed by atoms with Gasteiger partial charge in [-0.15, -0.1) is 0 Å². The van der Waals surface area contributed by atoms with Gasteiger partial charge in [-0.25, -0.2) is 0 Å². The van der Waals surface area contributed by atoms with Gasteiger partial charge in [0, 0.05) is 12.1 Å². The van der Waals surface area contributed by atoms with Gasteiger partial charge in [-0.05, 0) is 25.7 Å². The van der Waals surface area contributed by atoms with E-state index in [9.17, 15) is 0 Å². The van der Waals surface area contributed by atoms with E-state index in [0.717, 1.165) is 25.7 Å². The maximum atomic E-state index is 5.79. The highest BCUT2D eigenvalue weighted by Crippen LogP contribution is 2.09. The summed E-state index contributed by atoms with van der Waals surface area (Å²) in [7, 11) is 0. The molecule has 0 heterocycles. The topological polar surface area (TPSA) is 52.0 Å². The second kappa shape index (κ2) is 3.74. The highest BCUT2D eigenvalue weighted by atomic mass is 14.8. The Bertz CT molecular complexity index is 106. The van der Waals surface area contributed by atoms with Crippen molar-refractivity contribution in [3.05, 3.63) is 12.2 Å². The molecule has 0 aliphatic heterocycles. The zero-order chi connectivity index (χ0) is 7.40. The fraction of sp³-hybridized carbons (Fsp3) is 0.750. The van der Waals surface area contributed by atoms with Gasteiger partial charge in [0.05, 0.1) is 0 Å². The Hall–Kier alpha value is -0.340. The van der Waals surface area contributed by atoms with E-state index in [1.165, 1.54) is 0 Å². The van der Waals surface area contributed by atoms with Gasteiger partial charge in [0.25, 0.3) is 0 Å². The molecule has 0 aromatic rings. The summed E-state index contributed by atoms with van der Waals surface area (Å²) in [5, 5.41) is 0. The number of hydrogen-bond acceptors (Lipinski definition) is 2. The second-order valence-electron chi connectivity index (χ2n) is 2.95. The second-order valence-corrected chi connectivity index (χ2v) is 2.95. The molecule has 0 fully saturated rings. The van der Waals surface area contributed by atoms with Crippen molar-refractivity contribution < 1.29 is 0 Å². The van der Waals surface area contributed by atoms with E-state index >= 15 is 0 Å². The van der Waals surface area contributed by atoms with Gasteiger partial charge < -0.3 is 11.5 Å². The van der Waals surface area contributed by atoms with Crippen LogP contribution in [0.3, 0.4) is 0 Å². The van der Waals surface area contributed by atoms with Crippen molar-refractivity contribution >= 4 is 0 Å². The average Bonchev–Trinajstić information content (AvgIpc) is 1.92. The van der Waals surface area contributed by atoms with Crippen LogP contribution in [0.4, 0.5) is 0 Å². The highest BCUT2D eigenvalue weighted by Gasteiger charge is 2.12. The van der Waals surface area contributed by atoms with Gasteiger partial charge in [0.2, 0.25) is 0 Å². The predicted molar refractivity (Wildman–Crippen MR) is 43.6 cm³/mol. The first-order valence-electron chi connectivity index (χ1n) is 3.97. The Morgan fingerprint density at radius 1 is 0.900 bits per heavy atom. The molecule has 0 saturated carbocycles. The molecule has 0 saturated heterocycles. The molecular formula is C8H16N2. The molecule has 0 bridgehead atoms.